The Balaban J connectivity index is 1.82. The summed E-state index contributed by atoms with van der Waals surface area (Å²) in [5, 5.41) is 6.36. The molecule has 0 aromatic rings. The molecule has 0 spiro atoms. The van der Waals surface area contributed by atoms with Gasteiger partial charge in [0.05, 0.1) is 6.54 Å². The number of rotatable bonds is 2. The topological polar surface area (TPSA) is 56.7 Å². The number of piperidine rings is 1. The SMILES string of the molecule is CC1CN=C(NC(C)C(=O)N2CCCCC2)N1. The zero-order valence-electron chi connectivity index (χ0n) is 10.7. The number of aliphatic imine (C=N–C) groups is 1. The van der Waals surface area contributed by atoms with Gasteiger partial charge >= 0.3 is 0 Å². The predicted octanol–water partition coefficient (Wildman–Crippen LogP) is 0.325. The van der Waals surface area contributed by atoms with Crippen LogP contribution in [0.2, 0.25) is 0 Å². The third-order valence-corrected chi connectivity index (χ3v) is 3.30. The molecule has 0 saturated carbocycles. The molecule has 2 heterocycles. The van der Waals surface area contributed by atoms with Crippen molar-refractivity contribution >= 4 is 11.9 Å². The van der Waals surface area contributed by atoms with Gasteiger partial charge in [0.15, 0.2) is 5.96 Å². The molecule has 5 heteroatoms. The summed E-state index contributed by atoms with van der Waals surface area (Å²) in [6.45, 7) is 6.58. The molecule has 0 aliphatic carbocycles. The van der Waals surface area contributed by atoms with Gasteiger partial charge in [-0.3, -0.25) is 9.79 Å². The van der Waals surface area contributed by atoms with Gasteiger partial charge in [0.2, 0.25) is 5.91 Å². The van der Waals surface area contributed by atoms with E-state index in [0.29, 0.717) is 6.04 Å². The molecule has 5 nitrogen and oxygen atoms in total. The van der Waals surface area contributed by atoms with Gasteiger partial charge in [0.25, 0.3) is 0 Å². The summed E-state index contributed by atoms with van der Waals surface area (Å²) in [5.41, 5.74) is 0. The summed E-state index contributed by atoms with van der Waals surface area (Å²) in [4.78, 5) is 18.4. The Hall–Kier alpha value is -1.26. The molecule has 96 valence electrons. The lowest BCUT2D eigenvalue weighted by atomic mass is 10.1. The quantitative estimate of drug-likeness (QED) is 0.728. The maximum Gasteiger partial charge on any atom is 0.244 e. The smallest absolute Gasteiger partial charge is 0.244 e. The maximum atomic E-state index is 12.1. The number of hydrogen-bond acceptors (Lipinski definition) is 4. The van der Waals surface area contributed by atoms with E-state index in [9.17, 15) is 4.79 Å². The number of nitrogens with zero attached hydrogens (tertiary/aromatic N) is 2. The first-order chi connectivity index (χ1) is 8.16. The van der Waals surface area contributed by atoms with Crippen molar-refractivity contribution in [3.8, 4) is 0 Å². The summed E-state index contributed by atoms with van der Waals surface area (Å²) in [5.74, 6) is 0.948. The minimum Gasteiger partial charge on any atom is -0.352 e. The van der Waals surface area contributed by atoms with Crippen LogP contribution in [0.15, 0.2) is 4.99 Å². The van der Waals surface area contributed by atoms with Crippen molar-refractivity contribution in [3.63, 3.8) is 0 Å². The summed E-state index contributed by atoms with van der Waals surface area (Å²) in [6, 6.07) is 0.180. The molecule has 2 aliphatic heterocycles. The van der Waals surface area contributed by atoms with Crippen molar-refractivity contribution in [2.24, 2.45) is 4.99 Å². The van der Waals surface area contributed by atoms with E-state index in [1.807, 2.05) is 11.8 Å². The molecule has 2 atom stereocenters. The second-order valence-electron chi connectivity index (χ2n) is 4.99. The van der Waals surface area contributed by atoms with Crippen molar-refractivity contribution in [1.29, 1.82) is 0 Å². The van der Waals surface area contributed by atoms with Crippen LogP contribution in [0.4, 0.5) is 0 Å². The molecule has 1 saturated heterocycles. The molecular formula is C12H22N4O. The van der Waals surface area contributed by atoms with Gasteiger partial charge < -0.3 is 15.5 Å². The first-order valence-electron chi connectivity index (χ1n) is 6.53. The number of amides is 1. The second kappa shape index (κ2) is 5.38. The monoisotopic (exact) mass is 238 g/mol. The standard InChI is InChI=1S/C12H22N4O/c1-9-8-13-12(14-9)15-10(2)11(17)16-6-4-3-5-7-16/h9-10H,3-8H2,1-2H3,(H2,13,14,15). The summed E-state index contributed by atoms with van der Waals surface area (Å²) >= 11 is 0. The van der Waals surface area contributed by atoms with E-state index in [2.05, 4.69) is 22.5 Å². The highest BCUT2D eigenvalue weighted by atomic mass is 16.2. The molecule has 0 aromatic carbocycles. The summed E-state index contributed by atoms with van der Waals surface area (Å²) in [6.07, 6.45) is 3.51. The van der Waals surface area contributed by atoms with Crippen molar-refractivity contribution < 1.29 is 4.79 Å². The number of guanidine groups is 1. The first kappa shape index (κ1) is 12.2. The normalized spacial score (nSPS) is 26.1. The predicted molar refractivity (Wildman–Crippen MR) is 67.9 cm³/mol. The molecule has 1 fully saturated rings. The van der Waals surface area contributed by atoms with Crippen LogP contribution in [-0.2, 0) is 4.79 Å². The number of hydrogen-bond donors (Lipinski definition) is 2. The van der Waals surface area contributed by atoms with Gasteiger partial charge in [0, 0.05) is 19.1 Å². The van der Waals surface area contributed by atoms with E-state index in [1.54, 1.807) is 0 Å². The zero-order valence-corrected chi connectivity index (χ0v) is 10.7. The summed E-state index contributed by atoms with van der Waals surface area (Å²) in [7, 11) is 0. The molecule has 0 bridgehead atoms. The fourth-order valence-corrected chi connectivity index (χ4v) is 2.30. The number of carbonyl (C=O) groups excluding carboxylic acids is 1. The molecular weight excluding hydrogens is 216 g/mol. The zero-order chi connectivity index (χ0) is 12.3. The molecule has 0 radical (unpaired) electrons. The van der Waals surface area contributed by atoms with E-state index in [-0.39, 0.29) is 11.9 Å². The molecule has 2 unspecified atom stereocenters. The maximum absolute atomic E-state index is 12.1. The lowest BCUT2D eigenvalue weighted by molar-refractivity contribution is -0.133. The highest BCUT2D eigenvalue weighted by Crippen LogP contribution is 2.10. The second-order valence-corrected chi connectivity index (χ2v) is 4.99. The number of carbonyl (C=O) groups is 1. The molecule has 0 aromatic heterocycles. The number of likely N-dealkylation sites (tertiary alicyclic amines) is 1. The molecule has 2 rings (SSSR count). The van der Waals surface area contributed by atoms with Crippen LogP contribution in [0.5, 0.6) is 0 Å². The van der Waals surface area contributed by atoms with Crippen LogP contribution in [0.25, 0.3) is 0 Å². The molecule has 17 heavy (non-hydrogen) atoms. The summed E-state index contributed by atoms with van der Waals surface area (Å²) < 4.78 is 0. The minimum atomic E-state index is -0.190. The Morgan fingerprint density at radius 3 is 2.76 bits per heavy atom. The van der Waals surface area contributed by atoms with Crippen LogP contribution in [0.1, 0.15) is 33.1 Å². The lowest BCUT2D eigenvalue weighted by Crippen LogP contribution is -2.51. The Labute approximate surface area is 103 Å². The fraction of sp³-hybridized carbons (Fsp3) is 0.833. The third kappa shape index (κ3) is 3.11. The van der Waals surface area contributed by atoms with Crippen LogP contribution < -0.4 is 10.6 Å². The van der Waals surface area contributed by atoms with Crippen molar-refractivity contribution in [2.75, 3.05) is 19.6 Å². The van der Waals surface area contributed by atoms with Crippen molar-refractivity contribution in [2.45, 2.75) is 45.2 Å². The number of nitrogens with one attached hydrogen (secondary N) is 2. The molecule has 2 aliphatic rings. The van der Waals surface area contributed by atoms with Crippen LogP contribution in [0, 0.1) is 0 Å². The van der Waals surface area contributed by atoms with E-state index in [1.165, 1.54) is 6.42 Å². The van der Waals surface area contributed by atoms with Crippen molar-refractivity contribution in [3.05, 3.63) is 0 Å². The van der Waals surface area contributed by atoms with Gasteiger partial charge in [-0.25, -0.2) is 0 Å². The van der Waals surface area contributed by atoms with Gasteiger partial charge in [-0.1, -0.05) is 0 Å². The Bertz CT molecular complexity index is 310. The van der Waals surface area contributed by atoms with E-state index in [0.717, 1.165) is 38.4 Å². The van der Waals surface area contributed by atoms with Gasteiger partial charge in [0.1, 0.15) is 6.04 Å². The lowest BCUT2D eigenvalue weighted by Gasteiger charge is -2.29. The highest BCUT2D eigenvalue weighted by molar-refractivity contribution is 5.89. The Morgan fingerprint density at radius 1 is 1.47 bits per heavy atom. The van der Waals surface area contributed by atoms with Crippen molar-refractivity contribution in [1.82, 2.24) is 15.5 Å². The Kier molecular flexibility index (Phi) is 3.86. The Morgan fingerprint density at radius 2 is 2.18 bits per heavy atom. The van der Waals surface area contributed by atoms with Gasteiger partial charge in [-0.05, 0) is 33.1 Å². The van der Waals surface area contributed by atoms with Crippen LogP contribution in [-0.4, -0.2) is 48.5 Å². The molecule has 1 amide bonds. The fourth-order valence-electron chi connectivity index (χ4n) is 2.30. The average Bonchev–Trinajstić information content (AvgIpc) is 2.75. The average molecular weight is 238 g/mol. The van der Waals surface area contributed by atoms with Gasteiger partial charge in [-0.15, -0.1) is 0 Å². The van der Waals surface area contributed by atoms with E-state index in [4.69, 9.17) is 0 Å². The van der Waals surface area contributed by atoms with Gasteiger partial charge in [-0.2, -0.15) is 0 Å². The van der Waals surface area contributed by atoms with Crippen LogP contribution in [0.3, 0.4) is 0 Å². The molecule has 2 N–H and O–H groups in total. The van der Waals surface area contributed by atoms with E-state index < -0.39 is 0 Å². The van der Waals surface area contributed by atoms with E-state index >= 15 is 0 Å². The first-order valence-corrected chi connectivity index (χ1v) is 6.53. The largest absolute Gasteiger partial charge is 0.352 e. The highest BCUT2D eigenvalue weighted by Gasteiger charge is 2.24. The minimum absolute atomic E-state index is 0.189. The van der Waals surface area contributed by atoms with Crippen LogP contribution >= 0.6 is 0 Å². The third-order valence-electron chi connectivity index (χ3n) is 3.30.